The molecule has 1 amide bonds. The highest BCUT2D eigenvalue weighted by molar-refractivity contribution is 6.35. The summed E-state index contributed by atoms with van der Waals surface area (Å²) in [6.45, 7) is 3.95. The Kier molecular flexibility index (Phi) is 5.45. The van der Waals surface area contributed by atoms with Crippen LogP contribution in [-0.2, 0) is 11.3 Å². The Balaban J connectivity index is 2.18. The first-order valence-electron chi connectivity index (χ1n) is 6.91. The van der Waals surface area contributed by atoms with Crippen molar-refractivity contribution in [2.24, 2.45) is 11.7 Å². The maximum atomic E-state index is 12.1. The predicted octanol–water partition coefficient (Wildman–Crippen LogP) is 3.16. The standard InChI is InChI=1S/C15H18Cl2N4O/c1-9(10(2)18)15(22)20-14-6-7-19-21(14)8-11-12(16)4-3-5-13(11)17/h3-7,9-10H,8,18H2,1-2H3,(H,20,22). The Morgan fingerprint density at radius 1 is 1.32 bits per heavy atom. The molecule has 22 heavy (non-hydrogen) atoms. The smallest absolute Gasteiger partial charge is 0.229 e. The molecule has 1 heterocycles. The third-order valence-electron chi connectivity index (χ3n) is 3.54. The van der Waals surface area contributed by atoms with Gasteiger partial charge in [0.15, 0.2) is 0 Å². The van der Waals surface area contributed by atoms with Crippen LogP contribution < -0.4 is 11.1 Å². The van der Waals surface area contributed by atoms with Gasteiger partial charge in [0, 0.05) is 27.7 Å². The fraction of sp³-hybridized carbons (Fsp3) is 0.333. The molecule has 1 aromatic heterocycles. The second-order valence-corrected chi connectivity index (χ2v) is 6.03. The molecule has 2 unspecified atom stereocenters. The molecule has 0 spiro atoms. The molecule has 0 aliphatic carbocycles. The fourth-order valence-electron chi connectivity index (χ4n) is 1.88. The number of hydrogen-bond acceptors (Lipinski definition) is 3. The molecule has 2 aromatic rings. The van der Waals surface area contributed by atoms with E-state index in [9.17, 15) is 4.79 Å². The van der Waals surface area contributed by atoms with Crippen molar-refractivity contribution in [3.8, 4) is 0 Å². The number of rotatable bonds is 5. The Hall–Kier alpha value is -1.56. The number of nitrogens with two attached hydrogens (primary N) is 1. The van der Waals surface area contributed by atoms with Gasteiger partial charge < -0.3 is 11.1 Å². The summed E-state index contributed by atoms with van der Waals surface area (Å²) in [6.07, 6.45) is 1.61. The number of halogens is 2. The molecule has 7 heteroatoms. The largest absolute Gasteiger partial charge is 0.327 e. The zero-order valence-corrected chi connectivity index (χ0v) is 13.9. The summed E-state index contributed by atoms with van der Waals surface area (Å²) in [5.74, 6) is 0.128. The van der Waals surface area contributed by atoms with Gasteiger partial charge in [-0.3, -0.25) is 4.79 Å². The van der Waals surface area contributed by atoms with Crippen LogP contribution in [0.1, 0.15) is 19.4 Å². The van der Waals surface area contributed by atoms with E-state index in [-0.39, 0.29) is 17.9 Å². The van der Waals surface area contributed by atoms with Gasteiger partial charge in [0.1, 0.15) is 5.82 Å². The topological polar surface area (TPSA) is 72.9 Å². The van der Waals surface area contributed by atoms with E-state index in [1.54, 1.807) is 49.0 Å². The zero-order chi connectivity index (χ0) is 16.3. The fourth-order valence-corrected chi connectivity index (χ4v) is 2.39. The van der Waals surface area contributed by atoms with E-state index in [0.717, 1.165) is 5.56 Å². The van der Waals surface area contributed by atoms with Gasteiger partial charge in [-0.2, -0.15) is 5.10 Å². The van der Waals surface area contributed by atoms with Gasteiger partial charge in [-0.1, -0.05) is 36.2 Å². The SMILES string of the molecule is CC(N)C(C)C(=O)Nc1ccnn1Cc1c(Cl)cccc1Cl. The van der Waals surface area contributed by atoms with E-state index >= 15 is 0 Å². The van der Waals surface area contributed by atoms with Crippen molar-refractivity contribution < 1.29 is 4.79 Å². The molecule has 0 saturated carbocycles. The van der Waals surface area contributed by atoms with E-state index in [1.165, 1.54) is 0 Å². The minimum Gasteiger partial charge on any atom is -0.327 e. The summed E-state index contributed by atoms with van der Waals surface area (Å²) in [5.41, 5.74) is 6.50. The van der Waals surface area contributed by atoms with Crippen LogP contribution in [0.2, 0.25) is 10.0 Å². The van der Waals surface area contributed by atoms with E-state index < -0.39 is 0 Å². The number of nitrogens with one attached hydrogen (secondary N) is 1. The van der Waals surface area contributed by atoms with Gasteiger partial charge in [-0.15, -0.1) is 0 Å². The molecule has 0 saturated heterocycles. The van der Waals surface area contributed by atoms with Crippen molar-refractivity contribution >= 4 is 34.9 Å². The maximum Gasteiger partial charge on any atom is 0.229 e. The van der Waals surface area contributed by atoms with Crippen molar-refractivity contribution in [2.45, 2.75) is 26.4 Å². The summed E-state index contributed by atoms with van der Waals surface area (Å²) < 4.78 is 1.64. The average Bonchev–Trinajstić information content (AvgIpc) is 2.89. The van der Waals surface area contributed by atoms with Gasteiger partial charge in [0.2, 0.25) is 5.91 Å². The minimum absolute atomic E-state index is 0.151. The number of aromatic nitrogens is 2. The van der Waals surface area contributed by atoms with Crippen molar-refractivity contribution in [1.82, 2.24) is 9.78 Å². The molecule has 1 aromatic carbocycles. The lowest BCUT2D eigenvalue weighted by Crippen LogP contribution is -2.34. The van der Waals surface area contributed by atoms with Crippen LogP contribution in [0.15, 0.2) is 30.5 Å². The van der Waals surface area contributed by atoms with Crippen molar-refractivity contribution in [3.63, 3.8) is 0 Å². The Bertz CT molecular complexity index is 649. The monoisotopic (exact) mass is 340 g/mol. The number of amides is 1. The summed E-state index contributed by atoms with van der Waals surface area (Å²) in [6, 6.07) is 6.81. The molecular formula is C15H18Cl2N4O. The molecule has 0 bridgehead atoms. The highest BCUT2D eigenvalue weighted by Crippen LogP contribution is 2.26. The quantitative estimate of drug-likeness (QED) is 0.877. The van der Waals surface area contributed by atoms with Gasteiger partial charge in [0.25, 0.3) is 0 Å². The van der Waals surface area contributed by atoms with Crippen LogP contribution in [0.25, 0.3) is 0 Å². The number of nitrogens with zero attached hydrogens (tertiary/aromatic N) is 2. The van der Waals surface area contributed by atoms with Crippen molar-refractivity contribution in [2.75, 3.05) is 5.32 Å². The molecule has 0 aliphatic heterocycles. The lowest BCUT2D eigenvalue weighted by atomic mass is 10.0. The molecule has 3 N–H and O–H groups in total. The van der Waals surface area contributed by atoms with E-state index in [4.69, 9.17) is 28.9 Å². The number of benzene rings is 1. The van der Waals surface area contributed by atoms with Crippen LogP contribution in [-0.4, -0.2) is 21.7 Å². The Morgan fingerprint density at radius 2 is 1.95 bits per heavy atom. The predicted molar refractivity (Wildman–Crippen MR) is 89.2 cm³/mol. The summed E-state index contributed by atoms with van der Waals surface area (Å²) in [4.78, 5) is 12.1. The van der Waals surface area contributed by atoms with E-state index in [2.05, 4.69) is 10.4 Å². The lowest BCUT2D eigenvalue weighted by Gasteiger charge is -2.16. The minimum atomic E-state index is -0.299. The summed E-state index contributed by atoms with van der Waals surface area (Å²) in [5, 5.41) is 8.15. The van der Waals surface area contributed by atoms with Crippen molar-refractivity contribution in [3.05, 3.63) is 46.1 Å². The first-order valence-corrected chi connectivity index (χ1v) is 7.67. The van der Waals surface area contributed by atoms with Crippen LogP contribution in [0.3, 0.4) is 0 Å². The number of carbonyl (C=O) groups excluding carboxylic acids is 1. The number of anilines is 1. The van der Waals surface area contributed by atoms with Crippen LogP contribution in [0, 0.1) is 5.92 Å². The second-order valence-electron chi connectivity index (χ2n) is 5.21. The first-order chi connectivity index (χ1) is 10.4. The molecular weight excluding hydrogens is 323 g/mol. The van der Waals surface area contributed by atoms with E-state index in [1.807, 2.05) is 0 Å². The normalized spacial score (nSPS) is 13.7. The third kappa shape index (κ3) is 3.80. The molecule has 118 valence electrons. The Morgan fingerprint density at radius 3 is 2.55 bits per heavy atom. The van der Waals surface area contributed by atoms with Crippen LogP contribution >= 0.6 is 23.2 Å². The van der Waals surface area contributed by atoms with Crippen molar-refractivity contribution in [1.29, 1.82) is 0 Å². The van der Waals surface area contributed by atoms with Gasteiger partial charge in [-0.25, -0.2) is 4.68 Å². The van der Waals surface area contributed by atoms with E-state index in [0.29, 0.717) is 22.4 Å². The molecule has 2 atom stereocenters. The third-order valence-corrected chi connectivity index (χ3v) is 4.25. The van der Waals surface area contributed by atoms with Crippen LogP contribution in [0.5, 0.6) is 0 Å². The van der Waals surface area contributed by atoms with Gasteiger partial charge in [0.05, 0.1) is 18.7 Å². The number of carbonyl (C=O) groups is 1. The van der Waals surface area contributed by atoms with Gasteiger partial charge >= 0.3 is 0 Å². The molecule has 0 aliphatic rings. The number of hydrogen-bond donors (Lipinski definition) is 2. The maximum absolute atomic E-state index is 12.1. The lowest BCUT2D eigenvalue weighted by molar-refractivity contribution is -0.119. The molecule has 2 rings (SSSR count). The first kappa shape index (κ1) is 16.8. The molecule has 0 radical (unpaired) electrons. The Labute approximate surface area is 139 Å². The molecule has 0 fully saturated rings. The summed E-state index contributed by atoms with van der Waals surface area (Å²) >= 11 is 12.3. The molecule has 5 nitrogen and oxygen atoms in total. The van der Waals surface area contributed by atoms with Crippen LogP contribution in [0.4, 0.5) is 5.82 Å². The zero-order valence-electron chi connectivity index (χ0n) is 12.4. The highest BCUT2D eigenvalue weighted by atomic mass is 35.5. The highest BCUT2D eigenvalue weighted by Gasteiger charge is 2.19. The summed E-state index contributed by atoms with van der Waals surface area (Å²) in [7, 11) is 0. The second kappa shape index (κ2) is 7.13. The average molecular weight is 341 g/mol. The van der Waals surface area contributed by atoms with Gasteiger partial charge in [-0.05, 0) is 19.1 Å².